The molecule has 0 saturated carbocycles. The molecular formula is C19H17NO4S2. The van der Waals surface area contributed by atoms with Gasteiger partial charge < -0.3 is 4.74 Å². The number of thiazole rings is 1. The Bertz CT molecular complexity index is 1010. The first-order valence-corrected chi connectivity index (χ1v) is 10.8. The number of esters is 1. The molecule has 0 radical (unpaired) electrons. The van der Waals surface area contributed by atoms with Crippen LogP contribution in [0.4, 0.5) is 0 Å². The van der Waals surface area contributed by atoms with E-state index < -0.39 is 15.8 Å². The van der Waals surface area contributed by atoms with Gasteiger partial charge >= 0.3 is 5.97 Å². The largest absolute Gasteiger partial charge is 0.456 e. The Morgan fingerprint density at radius 3 is 2.62 bits per heavy atom. The van der Waals surface area contributed by atoms with Crippen molar-refractivity contribution in [1.29, 1.82) is 0 Å². The second-order valence-corrected chi connectivity index (χ2v) is 8.85. The molecule has 0 amide bonds. The molecule has 0 unspecified atom stereocenters. The van der Waals surface area contributed by atoms with E-state index in [1.807, 2.05) is 35.7 Å². The molecule has 3 aromatic rings. The monoisotopic (exact) mass is 387 g/mol. The van der Waals surface area contributed by atoms with Crippen molar-refractivity contribution in [2.45, 2.75) is 12.4 Å². The van der Waals surface area contributed by atoms with Crippen LogP contribution in [0, 0.1) is 0 Å². The van der Waals surface area contributed by atoms with Gasteiger partial charge in [0.05, 0.1) is 17.0 Å². The zero-order valence-corrected chi connectivity index (χ0v) is 15.7. The van der Waals surface area contributed by atoms with Crippen LogP contribution in [-0.4, -0.2) is 25.6 Å². The van der Waals surface area contributed by atoms with Crippen molar-refractivity contribution in [2.75, 3.05) is 6.26 Å². The van der Waals surface area contributed by atoms with Crippen molar-refractivity contribution in [1.82, 2.24) is 4.98 Å². The fourth-order valence-electron chi connectivity index (χ4n) is 2.40. The van der Waals surface area contributed by atoms with E-state index in [9.17, 15) is 13.2 Å². The normalized spacial score (nSPS) is 11.3. The Balaban J connectivity index is 1.64. The van der Waals surface area contributed by atoms with Gasteiger partial charge in [0.25, 0.3) is 0 Å². The van der Waals surface area contributed by atoms with Crippen molar-refractivity contribution in [2.24, 2.45) is 0 Å². The standard InChI is InChI=1S/C19H17NO4S2/c1-26(22,23)13-14-6-5-9-16(10-14)19(21)24-11-17-12-25-18(20-17)15-7-3-2-4-8-15/h2-10,12H,11,13H2,1H3. The highest BCUT2D eigenvalue weighted by Gasteiger charge is 2.12. The van der Waals surface area contributed by atoms with E-state index in [0.717, 1.165) is 16.8 Å². The van der Waals surface area contributed by atoms with Gasteiger partial charge in [0.1, 0.15) is 11.6 Å². The van der Waals surface area contributed by atoms with Crippen LogP contribution in [0.5, 0.6) is 0 Å². The van der Waals surface area contributed by atoms with E-state index in [0.29, 0.717) is 16.8 Å². The fraction of sp³-hybridized carbons (Fsp3) is 0.158. The number of rotatable bonds is 6. The molecule has 0 N–H and O–H groups in total. The quantitative estimate of drug-likeness (QED) is 0.603. The highest BCUT2D eigenvalue weighted by atomic mass is 32.2. The molecule has 1 heterocycles. The lowest BCUT2D eigenvalue weighted by molar-refractivity contribution is 0.0468. The molecule has 7 heteroatoms. The van der Waals surface area contributed by atoms with Crippen LogP contribution in [0.25, 0.3) is 10.6 Å². The summed E-state index contributed by atoms with van der Waals surface area (Å²) in [4.78, 5) is 16.7. The number of ether oxygens (including phenoxy) is 1. The van der Waals surface area contributed by atoms with Gasteiger partial charge in [-0.05, 0) is 17.7 Å². The summed E-state index contributed by atoms with van der Waals surface area (Å²) in [7, 11) is -3.16. The average molecular weight is 387 g/mol. The number of nitrogens with zero attached hydrogens (tertiary/aromatic N) is 1. The summed E-state index contributed by atoms with van der Waals surface area (Å²) in [5.41, 5.74) is 2.57. The van der Waals surface area contributed by atoms with Gasteiger partial charge in [0.2, 0.25) is 0 Å². The summed E-state index contributed by atoms with van der Waals surface area (Å²) in [5, 5.41) is 2.72. The topological polar surface area (TPSA) is 73.3 Å². The lowest BCUT2D eigenvalue weighted by Crippen LogP contribution is -2.07. The zero-order chi connectivity index (χ0) is 18.6. The fourth-order valence-corrected chi connectivity index (χ4v) is 4.00. The molecule has 2 aromatic carbocycles. The van der Waals surface area contributed by atoms with E-state index in [2.05, 4.69) is 4.98 Å². The predicted octanol–water partition coefficient (Wildman–Crippen LogP) is 3.71. The average Bonchev–Trinajstić information content (AvgIpc) is 3.08. The van der Waals surface area contributed by atoms with Crippen molar-refractivity contribution >= 4 is 27.1 Å². The number of hydrogen-bond donors (Lipinski definition) is 0. The molecule has 0 fully saturated rings. The molecular weight excluding hydrogens is 370 g/mol. The Labute approximate surface area is 156 Å². The smallest absolute Gasteiger partial charge is 0.338 e. The summed E-state index contributed by atoms with van der Waals surface area (Å²) < 4.78 is 28.1. The van der Waals surface area contributed by atoms with Crippen molar-refractivity contribution in [3.05, 3.63) is 76.8 Å². The van der Waals surface area contributed by atoms with Gasteiger partial charge in [-0.2, -0.15) is 0 Å². The molecule has 0 saturated heterocycles. The van der Waals surface area contributed by atoms with Crippen LogP contribution in [0.1, 0.15) is 21.6 Å². The molecule has 0 aliphatic heterocycles. The molecule has 134 valence electrons. The molecule has 0 aliphatic rings. The number of carbonyl (C=O) groups is 1. The van der Waals surface area contributed by atoms with Crippen LogP contribution in [0.2, 0.25) is 0 Å². The highest BCUT2D eigenvalue weighted by Crippen LogP contribution is 2.23. The lowest BCUT2D eigenvalue weighted by Gasteiger charge is -2.05. The van der Waals surface area contributed by atoms with Crippen LogP contribution >= 0.6 is 11.3 Å². The third kappa shape index (κ3) is 5.00. The lowest BCUT2D eigenvalue weighted by atomic mass is 10.1. The van der Waals surface area contributed by atoms with Gasteiger partial charge in [-0.25, -0.2) is 18.2 Å². The van der Waals surface area contributed by atoms with Gasteiger partial charge in [-0.1, -0.05) is 42.5 Å². The molecule has 0 atom stereocenters. The van der Waals surface area contributed by atoms with Crippen LogP contribution in [0.15, 0.2) is 60.0 Å². The van der Waals surface area contributed by atoms with Gasteiger partial charge in [0.15, 0.2) is 9.84 Å². The second kappa shape index (κ2) is 7.80. The van der Waals surface area contributed by atoms with Gasteiger partial charge in [0, 0.05) is 17.2 Å². The van der Waals surface area contributed by atoms with E-state index >= 15 is 0 Å². The Morgan fingerprint density at radius 1 is 1.12 bits per heavy atom. The first-order valence-electron chi connectivity index (χ1n) is 7.84. The molecule has 3 rings (SSSR count). The molecule has 0 aliphatic carbocycles. The summed E-state index contributed by atoms with van der Waals surface area (Å²) in [6.07, 6.45) is 1.16. The van der Waals surface area contributed by atoms with Crippen molar-refractivity contribution in [3.8, 4) is 10.6 Å². The summed E-state index contributed by atoms with van der Waals surface area (Å²) >= 11 is 1.49. The van der Waals surface area contributed by atoms with Crippen LogP contribution in [-0.2, 0) is 26.9 Å². The summed E-state index contributed by atoms with van der Waals surface area (Å²) in [5.74, 6) is -0.615. The van der Waals surface area contributed by atoms with E-state index in [1.165, 1.54) is 11.3 Å². The maximum Gasteiger partial charge on any atom is 0.338 e. The SMILES string of the molecule is CS(=O)(=O)Cc1cccc(C(=O)OCc2csc(-c3ccccc3)n2)c1. The Morgan fingerprint density at radius 2 is 1.88 bits per heavy atom. The summed E-state index contributed by atoms with van der Waals surface area (Å²) in [6, 6.07) is 16.2. The van der Waals surface area contributed by atoms with E-state index in [4.69, 9.17) is 4.74 Å². The number of aromatic nitrogens is 1. The summed E-state index contributed by atoms with van der Waals surface area (Å²) in [6.45, 7) is 0.0679. The van der Waals surface area contributed by atoms with Crippen molar-refractivity contribution in [3.63, 3.8) is 0 Å². The predicted molar refractivity (Wildman–Crippen MR) is 102 cm³/mol. The first kappa shape index (κ1) is 18.3. The number of sulfone groups is 1. The third-order valence-electron chi connectivity index (χ3n) is 3.52. The van der Waals surface area contributed by atoms with Gasteiger partial charge in [-0.15, -0.1) is 11.3 Å². The van der Waals surface area contributed by atoms with Crippen LogP contribution in [0.3, 0.4) is 0 Å². The number of carbonyl (C=O) groups excluding carboxylic acids is 1. The van der Waals surface area contributed by atoms with E-state index in [-0.39, 0.29) is 12.4 Å². The zero-order valence-electron chi connectivity index (χ0n) is 14.1. The number of hydrogen-bond acceptors (Lipinski definition) is 6. The molecule has 0 bridgehead atoms. The minimum absolute atomic E-state index is 0.0679. The third-order valence-corrected chi connectivity index (χ3v) is 5.31. The molecule has 5 nitrogen and oxygen atoms in total. The highest BCUT2D eigenvalue weighted by molar-refractivity contribution is 7.89. The number of benzene rings is 2. The van der Waals surface area contributed by atoms with Crippen molar-refractivity contribution < 1.29 is 17.9 Å². The first-order chi connectivity index (χ1) is 12.4. The Kier molecular flexibility index (Phi) is 5.49. The molecule has 26 heavy (non-hydrogen) atoms. The maximum absolute atomic E-state index is 12.2. The van der Waals surface area contributed by atoms with Crippen LogP contribution < -0.4 is 0 Å². The molecule has 1 aromatic heterocycles. The molecule has 0 spiro atoms. The van der Waals surface area contributed by atoms with E-state index in [1.54, 1.807) is 24.3 Å². The minimum atomic E-state index is -3.16. The van der Waals surface area contributed by atoms with Gasteiger partial charge in [-0.3, -0.25) is 0 Å². The maximum atomic E-state index is 12.2. The second-order valence-electron chi connectivity index (χ2n) is 5.86. The minimum Gasteiger partial charge on any atom is -0.456 e. The Hall–Kier alpha value is -2.51.